The minimum Gasteiger partial charge on any atom is -0.465 e. The molecule has 0 bridgehead atoms. The first-order valence-corrected chi connectivity index (χ1v) is 8.74. The molecule has 2 heterocycles. The van der Waals surface area contributed by atoms with E-state index in [0.717, 1.165) is 36.3 Å². The van der Waals surface area contributed by atoms with E-state index < -0.39 is 0 Å². The summed E-state index contributed by atoms with van der Waals surface area (Å²) in [4.78, 5) is 12.6. The number of aromatic nitrogens is 2. The lowest BCUT2D eigenvalue weighted by molar-refractivity contribution is 0.0941. The number of hydrogen-bond acceptors (Lipinski definition) is 4. The molecule has 0 spiro atoms. The molecule has 2 aromatic heterocycles. The molecule has 2 aliphatic rings. The molecule has 2 aromatic rings. The predicted octanol–water partition coefficient (Wildman–Crippen LogP) is 1.86. The lowest BCUT2D eigenvalue weighted by Gasteiger charge is -2.24. The van der Waals surface area contributed by atoms with Gasteiger partial charge in [0.05, 0.1) is 6.54 Å². The van der Waals surface area contributed by atoms with Gasteiger partial charge in [-0.25, -0.2) is 0 Å². The van der Waals surface area contributed by atoms with E-state index in [9.17, 15) is 4.79 Å². The molecule has 1 atom stereocenters. The summed E-state index contributed by atoms with van der Waals surface area (Å²) >= 11 is 0. The molecular weight excluding hydrogens is 304 g/mol. The van der Waals surface area contributed by atoms with Gasteiger partial charge in [-0.15, -0.1) is 0 Å². The first kappa shape index (κ1) is 15.4. The SMILES string of the molecule is Cc1ccc(CNC(=O)c2nn(C)c3c2C[C@@H](NC2CC2)CC3)o1. The maximum atomic E-state index is 12.6. The average Bonchev–Trinajstić information content (AvgIpc) is 3.18. The van der Waals surface area contributed by atoms with Gasteiger partial charge in [-0.3, -0.25) is 9.48 Å². The molecule has 0 aliphatic heterocycles. The fourth-order valence-corrected chi connectivity index (χ4v) is 3.53. The summed E-state index contributed by atoms with van der Waals surface area (Å²) in [6.45, 7) is 2.29. The number of furan rings is 1. The third kappa shape index (κ3) is 3.11. The second-order valence-corrected chi connectivity index (χ2v) is 6.97. The van der Waals surface area contributed by atoms with E-state index >= 15 is 0 Å². The Morgan fingerprint density at radius 1 is 1.33 bits per heavy atom. The summed E-state index contributed by atoms with van der Waals surface area (Å²) < 4.78 is 7.37. The Bertz CT molecular complexity index is 757. The second-order valence-electron chi connectivity index (χ2n) is 6.97. The van der Waals surface area contributed by atoms with E-state index in [0.29, 0.717) is 24.3 Å². The summed E-state index contributed by atoms with van der Waals surface area (Å²) in [5.74, 6) is 1.50. The largest absolute Gasteiger partial charge is 0.465 e. The number of aryl methyl sites for hydroxylation is 2. The number of hydrogen-bond donors (Lipinski definition) is 2. The number of carbonyl (C=O) groups is 1. The predicted molar refractivity (Wildman–Crippen MR) is 89.8 cm³/mol. The minimum absolute atomic E-state index is 0.118. The fourth-order valence-electron chi connectivity index (χ4n) is 3.53. The summed E-state index contributed by atoms with van der Waals surface area (Å²) in [5.41, 5.74) is 2.87. The van der Waals surface area contributed by atoms with Crippen molar-refractivity contribution in [1.82, 2.24) is 20.4 Å². The lowest BCUT2D eigenvalue weighted by atomic mass is 9.91. The van der Waals surface area contributed by atoms with Crippen molar-refractivity contribution in [3.05, 3.63) is 40.6 Å². The second kappa shape index (κ2) is 6.09. The molecule has 1 amide bonds. The average molecular weight is 328 g/mol. The van der Waals surface area contributed by atoms with E-state index in [1.807, 2.05) is 30.8 Å². The minimum atomic E-state index is -0.118. The maximum absolute atomic E-state index is 12.6. The molecule has 1 saturated carbocycles. The Labute approximate surface area is 141 Å². The van der Waals surface area contributed by atoms with Crippen LogP contribution in [0.15, 0.2) is 16.5 Å². The van der Waals surface area contributed by atoms with Crippen LogP contribution in [0.5, 0.6) is 0 Å². The number of amides is 1. The molecule has 0 radical (unpaired) electrons. The number of fused-ring (bicyclic) bond motifs is 1. The highest BCUT2D eigenvalue weighted by molar-refractivity contribution is 5.94. The van der Waals surface area contributed by atoms with Crippen molar-refractivity contribution in [2.45, 2.75) is 57.7 Å². The Balaban J connectivity index is 1.47. The van der Waals surface area contributed by atoms with E-state index in [-0.39, 0.29) is 5.91 Å². The van der Waals surface area contributed by atoms with Crippen LogP contribution in [0.25, 0.3) is 0 Å². The zero-order valence-electron chi connectivity index (χ0n) is 14.3. The highest BCUT2D eigenvalue weighted by Gasteiger charge is 2.31. The van der Waals surface area contributed by atoms with Crippen molar-refractivity contribution in [2.24, 2.45) is 7.05 Å². The topological polar surface area (TPSA) is 72.1 Å². The van der Waals surface area contributed by atoms with Crippen LogP contribution >= 0.6 is 0 Å². The highest BCUT2D eigenvalue weighted by Crippen LogP contribution is 2.27. The van der Waals surface area contributed by atoms with Gasteiger partial charge in [-0.1, -0.05) is 0 Å². The van der Waals surface area contributed by atoms with Crippen molar-refractivity contribution in [1.29, 1.82) is 0 Å². The van der Waals surface area contributed by atoms with Gasteiger partial charge in [0.1, 0.15) is 11.5 Å². The van der Waals surface area contributed by atoms with Crippen molar-refractivity contribution in [3.8, 4) is 0 Å². The highest BCUT2D eigenvalue weighted by atomic mass is 16.3. The summed E-state index contributed by atoms with van der Waals surface area (Å²) in [7, 11) is 1.93. The molecule has 24 heavy (non-hydrogen) atoms. The Hall–Kier alpha value is -2.08. The van der Waals surface area contributed by atoms with Crippen LogP contribution in [-0.2, 0) is 26.4 Å². The number of nitrogens with zero attached hydrogens (tertiary/aromatic N) is 2. The third-order valence-corrected chi connectivity index (χ3v) is 4.94. The van der Waals surface area contributed by atoms with E-state index in [4.69, 9.17) is 4.42 Å². The third-order valence-electron chi connectivity index (χ3n) is 4.94. The van der Waals surface area contributed by atoms with Crippen LogP contribution in [0.3, 0.4) is 0 Å². The van der Waals surface area contributed by atoms with Gasteiger partial charge in [0, 0.05) is 30.4 Å². The molecule has 128 valence electrons. The zero-order chi connectivity index (χ0) is 16.7. The summed E-state index contributed by atoms with van der Waals surface area (Å²) in [6, 6.07) is 4.94. The molecule has 4 rings (SSSR count). The van der Waals surface area contributed by atoms with Crippen LogP contribution in [0, 0.1) is 6.92 Å². The van der Waals surface area contributed by atoms with Gasteiger partial charge in [0.15, 0.2) is 5.69 Å². The molecule has 0 aromatic carbocycles. The van der Waals surface area contributed by atoms with Gasteiger partial charge >= 0.3 is 0 Å². The van der Waals surface area contributed by atoms with Gasteiger partial charge in [-0.2, -0.15) is 5.10 Å². The molecule has 6 nitrogen and oxygen atoms in total. The quantitative estimate of drug-likeness (QED) is 0.879. The maximum Gasteiger partial charge on any atom is 0.272 e. The van der Waals surface area contributed by atoms with Crippen molar-refractivity contribution in [2.75, 3.05) is 0 Å². The normalized spacial score (nSPS) is 20.0. The van der Waals surface area contributed by atoms with Crippen molar-refractivity contribution < 1.29 is 9.21 Å². The first-order valence-electron chi connectivity index (χ1n) is 8.74. The monoisotopic (exact) mass is 328 g/mol. The van der Waals surface area contributed by atoms with Gasteiger partial charge in [0.2, 0.25) is 0 Å². The lowest BCUT2D eigenvalue weighted by Crippen LogP contribution is -2.36. The number of nitrogens with one attached hydrogen (secondary N) is 2. The smallest absolute Gasteiger partial charge is 0.272 e. The van der Waals surface area contributed by atoms with Crippen LogP contribution in [0.1, 0.15) is 52.5 Å². The molecule has 0 unspecified atom stereocenters. The van der Waals surface area contributed by atoms with Crippen molar-refractivity contribution >= 4 is 5.91 Å². The van der Waals surface area contributed by atoms with Crippen LogP contribution < -0.4 is 10.6 Å². The van der Waals surface area contributed by atoms with Crippen molar-refractivity contribution in [3.63, 3.8) is 0 Å². The van der Waals surface area contributed by atoms with Crippen LogP contribution in [0.2, 0.25) is 0 Å². The van der Waals surface area contributed by atoms with Gasteiger partial charge in [0.25, 0.3) is 5.91 Å². The Kier molecular flexibility index (Phi) is 3.92. The Morgan fingerprint density at radius 3 is 2.88 bits per heavy atom. The van der Waals surface area contributed by atoms with Gasteiger partial charge in [-0.05, 0) is 51.2 Å². The first-order chi connectivity index (χ1) is 11.6. The van der Waals surface area contributed by atoms with Gasteiger partial charge < -0.3 is 15.1 Å². The van der Waals surface area contributed by atoms with Crippen LogP contribution in [0.4, 0.5) is 0 Å². The number of rotatable bonds is 5. The molecule has 2 aliphatic carbocycles. The Morgan fingerprint density at radius 2 is 2.17 bits per heavy atom. The molecule has 6 heteroatoms. The number of carbonyl (C=O) groups excluding carboxylic acids is 1. The fraction of sp³-hybridized carbons (Fsp3) is 0.556. The van der Waals surface area contributed by atoms with Crippen LogP contribution in [-0.4, -0.2) is 27.8 Å². The van der Waals surface area contributed by atoms with E-state index in [1.54, 1.807) is 0 Å². The van der Waals surface area contributed by atoms with E-state index in [2.05, 4.69) is 15.7 Å². The zero-order valence-corrected chi connectivity index (χ0v) is 14.3. The molecule has 2 N–H and O–H groups in total. The van der Waals surface area contributed by atoms with E-state index in [1.165, 1.54) is 18.5 Å². The summed E-state index contributed by atoms with van der Waals surface area (Å²) in [6.07, 6.45) is 5.56. The molecule has 0 saturated heterocycles. The standard InChI is InChI=1S/C18H24N4O2/c1-11-3-7-14(24-11)10-19-18(23)17-15-9-13(20-12-4-5-12)6-8-16(15)22(2)21-17/h3,7,12-13,20H,4-6,8-10H2,1-2H3,(H,19,23)/t13-/m0/s1. The summed E-state index contributed by atoms with van der Waals surface area (Å²) in [5, 5.41) is 11.1. The molecule has 1 fully saturated rings. The molecular formula is C18H24N4O2.